The number of benzene rings is 2. The minimum absolute atomic E-state index is 0.0180. The predicted molar refractivity (Wildman–Crippen MR) is 97.0 cm³/mol. The van der Waals surface area contributed by atoms with Gasteiger partial charge in [0.1, 0.15) is 5.75 Å². The molecule has 0 fully saturated rings. The highest BCUT2D eigenvalue weighted by Gasteiger charge is 2.10. The van der Waals surface area contributed by atoms with Gasteiger partial charge in [-0.3, -0.25) is 4.79 Å². The zero-order chi connectivity index (χ0) is 16.8. The summed E-state index contributed by atoms with van der Waals surface area (Å²) < 4.78 is 6.09. The smallest absolute Gasteiger partial charge is 0.220 e. The van der Waals surface area contributed by atoms with Crippen LogP contribution in [0.1, 0.15) is 30.5 Å². The second kappa shape index (κ2) is 8.37. The molecule has 5 heteroatoms. The molecule has 0 aromatic heterocycles. The second-order valence-electron chi connectivity index (χ2n) is 5.31. The van der Waals surface area contributed by atoms with Gasteiger partial charge in [-0.2, -0.15) is 0 Å². The van der Waals surface area contributed by atoms with Gasteiger partial charge in [-0.25, -0.2) is 0 Å². The Morgan fingerprint density at radius 2 is 2.09 bits per heavy atom. The van der Waals surface area contributed by atoms with Gasteiger partial charge in [0.05, 0.1) is 17.6 Å². The first kappa shape index (κ1) is 17.8. The summed E-state index contributed by atoms with van der Waals surface area (Å²) in [6, 6.07) is 13.3. The van der Waals surface area contributed by atoms with Crippen molar-refractivity contribution in [2.75, 3.05) is 7.11 Å². The number of nitrogens with one attached hydrogen (secondary N) is 1. The molecule has 23 heavy (non-hydrogen) atoms. The lowest BCUT2D eigenvalue weighted by atomic mass is 10.1. The van der Waals surface area contributed by atoms with E-state index in [1.165, 1.54) is 0 Å². The van der Waals surface area contributed by atoms with Crippen molar-refractivity contribution in [2.45, 2.75) is 25.8 Å². The molecule has 2 rings (SSSR count). The molecular formula is C18H19BrClNO2. The summed E-state index contributed by atoms with van der Waals surface area (Å²) in [5, 5.41) is 3.67. The van der Waals surface area contributed by atoms with Crippen LogP contribution in [0.5, 0.6) is 5.75 Å². The fraction of sp³-hybridized carbons (Fsp3) is 0.278. The van der Waals surface area contributed by atoms with Crippen LogP contribution in [0.15, 0.2) is 46.9 Å². The summed E-state index contributed by atoms with van der Waals surface area (Å²) in [5.74, 6) is 0.803. The van der Waals surface area contributed by atoms with Crippen LogP contribution in [0.25, 0.3) is 0 Å². The van der Waals surface area contributed by atoms with Crippen molar-refractivity contribution in [3.63, 3.8) is 0 Å². The fourth-order valence-electron chi connectivity index (χ4n) is 2.30. The van der Waals surface area contributed by atoms with E-state index >= 15 is 0 Å². The zero-order valence-electron chi connectivity index (χ0n) is 13.1. The van der Waals surface area contributed by atoms with Crippen molar-refractivity contribution < 1.29 is 9.53 Å². The standard InChI is InChI=1S/C18H19BrClNO2/c1-12(14-4-3-5-15(20)11-14)21-18(22)9-7-13-6-8-17(23-2)16(19)10-13/h3-6,8,10-12H,7,9H2,1-2H3,(H,21,22). The molecule has 0 aliphatic heterocycles. The highest BCUT2D eigenvalue weighted by Crippen LogP contribution is 2.26. The highest BCUT2D eigenvalue weighted by atomic mass is 79.9. The van der Waals surface area contributed by atoms with Gasteiger partial charge in [-0.05, 0) is 64.7 Å². The van der Waals surface area contributed by atoms with E-state index < -0.39 is 0 Å². The number of aryl methyl sites for hydroxylation is 1. The first-order chi connectivity index (χ1) is 11.0. The maximum Gasteiger partial charge on any atom is 0.220 e. The number of carbonyl (C=O) groups excluding carboxylic acids is 1. The third kappa shape index (κ3) is 5.26. The highest BCUT2D eigenvalue weighted by molar-refractivity contribution is 9.10. The number of halogens is 2. The van der Waals surface area contributed by atoms with Crippen LogP contribution in [0.2, 0.25) is 5.02 Å². The minimum atomic E-state index is -0.0659. The summed E-state index contributed by atoms with van der Waals surface area (Å²) in [7, 11) is 1.63. The Morgan fingerprint density at radius 1 is 1.30 bits per heavy atom. The summed E-state index contributed by atoms with van der Waals surface area (Å²) in [6.07, 6.45) is 1.11. The molecule has 1 N–H and O–H groups in total. The van der Waals surface area contributed by atoms with Crippen molar-refractivity contribution in [1.29, 1.82) is 0 Å². The van der Waals surface area contributed by atoms with Gasteiger partial charge in [-0.15, -0.1) is 0 Å². The number of amides is 1. The Hall–Kier alpha value is -1.52. The van der Waals surface area contributed by atoms with Crippen LogP contribution in [0, 0.1) is 0 Å². The van der Waals surface area contributed by atoms with Crippen molar-refractivity contribution in [3.8, 4) is 5.75 Å². The number of methoxy groups -OCH3 is 1. The Morgan fingerprint density at radius 3 is 2.74 bits per heavy atom. The van der Waals surface area contributed by atoms with E-state index in [9.17, 15) is 4.79 Å². The lowest BCUT2D eigenvalue weighted by Gasteiger charge is -2.15. The first-order valence-corrected chi connectivity index (χ1v) is 8.54. The fourth-order valence-corrected chi connectivity index (χ4v) is 3.08. The average molecular weight is 397 g/mol. The number of hydrogen-bond acceptors (Lipinski definition) is 2. The summed E-state index contributed by atoms with van der Waals surface area (Å²) in [6.45, 7) is 1.95. The molecule has 0 saturated carbocycles. The predicted octanol–water partition coefficient (Wildman–Crippen LogP) is 4.92. The molecule has 122 valence electrons. The molecule has 1 amide bonds. The van der Waals surface area contributed by atoms with Crippen molar-refractivity contribution in [1.82, 2.24) is 5.32 Å². The number of ether oxygens (including phenoxy) is 1. The van der Waals surface area contributed by atoms with E-state index in [0.717, 1.165) is 21.3 Å². The Kier molecular flexibility index (Phi) is 6.48. The van der Waals surface area contributed by atoms with Gasteiger partial charge in [-0.1, -0.05) is 29.8 Å². The molecule has 1 atom stereocenters. The molecule has 0 spiro atoms. The van der Waals surface area contributed by atoms with Gasteiger partial charge in [0.2, 0.25) is 5.91 Å². The Balaban J connectivity index is 1.88. The first-order valence-electron chi connectivity index (χ1n) is 7.37. The maximum atomic E-state index is 12.1. The van der Waals surface area contributed by atoms with Crippen LogP contribution in [-0.2, 0) is 11.2 Å². The van der Waals surface area contributed by atoms with E-state index in [1.54, 1.807) is 7.11 Å². The average Bonchev–Trinajstić information content (AvgIpc) is 2.53. The SMILES string of the molecule is COc1ccc(CCC(=O)NC(C)c2cccc(Cl)c2)cc1Br. The third-order valence-electron chi connectivity index (χ3n) is 3.58. The Bertz CT molecular complexity index is 690. The van der Waals surface area contributed by atoms with Crippen molar-refractivity contribution >= 4 is 33.4 Å². The Labute approximate surface area is 150 Å². The molecule has 3 nitrogen and oxygen atoms in total. The number of hydrogen-bond donors (Lipinski definition) is 1. The molecule has 0 radical (unpaired) electrons. The van der Waals surface area contributed by atoms with E-state index in [-0.39, 0.29) is 11.9 Å². The molecule has 0 heterocycles. The van der Waals surface area contributed by atoms with E-state index in [2.05, 4.69) is 21.2 Å². The van der Waals surface area contributed by atoms with Gasteiger partial charge >= 0.3 is 0 Å². The quantitative estimate of drug-likeness (QED) is 0.752. The van der Waals surface area contributed by atoms with E-state index in [1.807, 2.05) is 49.4 Å². The molecule has 0 aliphatic carbocycles. The van der Waals surface area contributed by atoms with Gasteiger partial charge < -0.3 is 10.1 Å². The molecule has 2 aromatic rings. The van der Waals surface area contributed by atoms with Crippen LogP contribution in [0.4, 0.5) is 0 Å². The third-order valence-corrected chi connectivity index (χ3v) is 4.44. The minimum Gasteiger partial charge on any atom is -0.496 e. The van der Waals surface area contributed by atoms with Crippen LogP contribution in [0.3, 0.4) is 0 Å². The summed E-state index contributed by atoms with van der Waals surface area (Å²) in [5.41, 5.74) is 2.08. The molecule has 1 unspecified atom stereocenters. The molecular weight excluding hydrogens is 378 g/mol. The van der Waals surface area contributed by atoms with Gasteiger partial charge in [0.15, 0.2) is 0 Å². The summed E-state index contributed by atoms with van der Waals surface area (Å²) >= 11 is 9.43. The largest absolute Gasteiger partial charge is 0.496 e. The topological polar surface area (TPSA) is 38.3 Å². The normalized spacial score (nSPS) is 11.8. The number of carbonyl (C=O) groups is 1. The van der Waals surface area contributed by atoms with E-state index in [4.69, 9.17) is 16.3 Å². The summed E-state index contributed by atoms with van der Waals surface area (Å²) in [4.78, 5) is 12.1. The lowest BCUT2D eigenvalue weighted by Crippen LogP contribution is -2.26. The lowest BCUT2D eigenvalue weighted by molar-refractivity contribution is -0.121. The van der Waals surface area contributed by atoms with Crippen LogP contribution >= 0.6 is 27.5 Å². The maximum absolute atomic E-state index is 12.1. The van der Waals surface area contributed by atoms with Crippen LogP contribution < -0.4 is 10.1 Å². The monoisotopic (exact) mass is 395 g/mol. The molecule has 0 aliphatic rings. The molecule has 2 aromatic carbocycles. The van der Waals surface area contributed by atoms with Gasteiger partial charge in [0, 0.05) is 11.4 Å². The van der Waals surface area contributed by atoms with E-state index in [0.29, 0.717) is 17.9 Å². The molecule has 0 saturated heterocycles. The van der Waals surface area contributed by atoms with Gasteiger partial charge in [0.25, 0.3) is 0 Å². The number of rotatable bonds is 6. The van der Waals surface area contributed by atoms with Crippen molar-refractivity contribution in [3.05, 3.63) is 63.1 Å². The second-order valence-corrected chi connectivity index (χ2v) is 6.60. The van der Waals surface area contributed by atoms with Crippen LogP contribution in [-0.4, -0.2) is 13.0 Å². The molecule has 0 bridgehead atoms. The van der Waals surface area contributed by atoms with Crippen molar-refractivity contribution in [2.24, 2.45) is 0 Å². The zero-order valence-corrected chi connectivity index (χ0v) is 15.4.